The Morgan fingerprint density at radius 1 is 1.27 bits per heavy atom. The van der Waals surface area contributed by atoms with Gasteiger partial charge in [0, 0.05) is 45.3 Å². The summed E-state index contributed by atoms with van der Waals surface area (Å²) in [4.78, 5) is 9.34. The molecule has 1 aliphatic heterocycles. The van der Waals surface area contributed by atoms with E-state index < -0.39 is 0 Å². The van der Waals surface area contributed by atoms with E-state index in [0.29, 0.717) is 6.04 Å². The fourth-order valence-corrected chi connectivity index (χ4v) is 3.42. The molecule has 1 saturated heterocycles. The summed E-state index contributed by atoms with van der Waals surface area (Å²) in [5.74, 6) is 0.956. The van der Waals surface area contributed by atoms with Crippen LogP contribution in [0, 0.1) is 0 Å². The molecular formula is C16H34IN5. The molecule has 0 amide bonds. The summed E-state index contributed by atoms with van der Waals surface area (Å²) in [6.07, 6.45) is 6.90. The van der Waals surface area contributed by atoms with Crippen molar-refractivity contribution in [2.75, 3.05) is 46.8 Å². The largest absolute Gasteiger partial charge is 0.355 e. The summed E-state index contributed by atoms with van der Waals surface area (Å²) in [5, 5.41) is 7.01. The maximum atomic E-state index is 4.35. The number of likely N-dealkylation sites (N-methyl/N-ethyl adjacent to an activating group) is 1. The molecule has 1 heterocycles. The second kappa shape index (κ2) is 10.6. The lowest BCUT2D eigenvalue weighted by Gasteiger charge is -2.24. The highest BCUT2D eigenvalue weighted by Gasteiger charge is 2.30. The van der Waals surface area contributed by atoms with Crippen LogP contribution in [0.2, 0.25) is 0 Å². The topological polar surface area (TPSA) is 42.9 Å². The SMILES string of the molecule is CCN(C)CCNC(=NC)NC1CCN(C2CCCC2)C1.I. The average molecular weight is 423 g/mol. The number of aliphatic imine (C=N–C) groups is 1. The van der Waals surface area contributed by atoms with Crippen molar-refractivity contribution in [3.8, 4) is 0 Å². The highest BCUT2D eigenvalue weighted by molar-refractivity contribution is 14.0. The number of hydrogen-bond acceptors (Lipinski definition) is 3. The molecule has 130 valence electrons. The van der Waals surface area contributed by atoms with Crippen LogP contribution in [0.15, 0.2) is 4.99 Å². The lowest BCUT2D eigenvalue weighted by atomic mass is 10.2. The molecule has 1 saturated carbocycles. The van der Waals surface area contributed by atoms with E-state index in [9.17, 15) is 0 Å². The molecule has 1 aliphatic carbocycles. The van der Waals surface area contributed by atoms with Crippen molar-refractivity contribution in [1.82, 2.24) is 20.4 Å². The highest BCUT2D eigenvalue weighted by Crippen LogP contribution is 2.26. The van der Waals surface area contributed by atoms with Gasteiger partial charge in [-0.05, 0) is 32.9 Å². The Morgan fingerprint density at radius 2 is 2.00 bits per heavy atom. The zero-order chi connectivity index (χ0) is 15.1. The standard InChI is InChI=1S/C16H33N5.HI/c1-4-20(3)12-10-18-16(17-2)19-14-9-11-21(13-14)15-7-5-6-8-15;/h14-15H,4-13H2,1-3H3,(H2,17,18,19);1H. The molecule has 0 aromatic heterocycles. The third-order valence-electron chi connectivity index (χ3n) is 4.95. The van der Waals surface area contributed by atoms with Crippen molar-refractivity contribution >= 4 is 29.9 Å². The van der Waals surface area contributed by atoms with E-state index in [1.54, 1.807) is 0 Å². The molecule has 0 aromatic carbocycles. The van der Waals surface area contributed by atoms with Gasteiger partial charge in [0.05, 0.1) is 0 Å². The molecule has 2 rings (SSSR count). The lowest BCUT2D eigenvalue weighted by molar-refractivity contribution is 0.242. The second-order valence-electron chi connectivity index (χ2n) is 6.46. The van der Waals surface area contributed by atoms with Crippen LogP contribution in [-0.2, 0) is 0 Å². The van der Waals surface area contributed by atoms with E-state index in [1.807, 2.05) is 7.05 Å². The minimum absolute atomic E-state index is 0. The zero-order valence-electron chi connectivity index (χ0n) is 14.5. The number of nitrogens with zero attached hydrogens (tertiary/aromatic N) is 3. The fourth-order valence-electron chi connectivity index (χ4n) is 3.42. The number of halogens is 1. The van der Waals surface area contributed by atoms with Crippen molar-refractivity contribution in [2.24, 2.45) is 4.99 Å². The van der Waals surface area contributed by atoms with Crippen LogP contribution in [0.4, 0.5) is 0 Å². The van der Waals surface area contributed by atoms with Crippen LogP contribution in [-0.4, -0.2) is 74.7 Å². The van der Waals surface area contributed by atoms with Crippen LogP contribution in [0.3, 0.4) is 0 Å². The fraction of sp³-hybridized carbons (Fsp3) is 0.938. The summed E-state index contributed by atoms with van der Waals surface area (Å²) in [5.41, 5.74) is 0. The third-order valence-corrected chi connectivity index (χ3v) is 4.95. The lowest BCUT2D eigenvalue weighted by Crippen LogP contribution is -2.46. The number of guanidine groups is 1. The first-order valence-electron chi connectivity index (χ1n) is 8.62. The van der Waals surface area contributed by atoms with E-state index in [1.165, 1.54) is 45.2 Å². The van der Waals surface area contributed by atoms with Crippen molar-refractivity contribution in [3.63, 3.8) is 0 Å². The average Bonchev–Trinajstić information content (AvgIpc) is 3.16. The molecule has 5 nitrogen and oxygen atoms in total. The molecule has 2 aliphatic rings. The predicted octanol–water partition coefficient (Wildman–Crippen LogP) is 1.74. The van der Waals surface area contributed by atoms with E-state index in [2.05, 4.69) is 39.4 Å². The van der Waals surface area contributed by atoms with Crippen molar-refractivity contribution < 1.29 is 0 Å². The quantitative estimate of drug-likeness (QED) is 0.388. The Hall–Kier alpha value is -0.0800. The summed E-state index contributed by atoms with van der Waals surface area (Å²) >= 11 is 0. The normalized spacial score (nSPS) is 23.8. The maximum Gasteiger partial charge on any atom is 0.191 e. The Kier molecular flexibility index (Phi) is 9.66. The van der Waals surface area contributed by atoms with Gasteiger partial charge < -0.3 is 15.5 Å². The van der Waals surface area contributed by atoms with E-state index >= 15 is 0 Å². The number of hydrogen-bond donors (Lipinski definition) is 2. The van der Waals surface area contributed by atoms with Crippen LogP contribution in [0.1, 0.15) is 39.0 Å². The van der Waals surface area contributed by atoms with Crippen molar-refractivity contribution in [1.29, 1.82) is 0 Å². The minimum Gasteiger partial charge on any atom is -0.355 e. The number of rotatable bonds is 6. The Morgan fingerprint density at radius 3 is 2.64 bits per heavy atom. The highest BCUT2D eigenvalue weighted by atomic mass is 127. The van der Waals surface area contributed by atoms with Crippen LogP contribution >= 0.6 is 24.0 Å². The third kappa shape index (κ3) is 6.20. The van der Waals surface area contributed by atoms with Crippen LogP contribution < -0.4 is 10.6 Å². The summed E-state index contributed by atoms with van der Waals surface area (Å²) in [6.45, 7) is 7.70. The zero-order valence-corrected chi connectivity index (χ0v) is 16.8. The molecule has 0 spiro atoms. The van der Waals surface area contributed by atoms with Gasteiger partial charge >= 0.3 is 0 Å². The number of nitrogens with one attached hydrogen (secondary N) is 2. The molecule has 0 bridgehead atoms. The van der Waals surface area contributed by atoms with Gasteiger partial charge in [0.15, 0.2) is 5.96 Å². The van der Waals surface area contributed by atoms with Gasteiger partial charge in [-0.3, -0.25) is 9.89 Å². The van der Waals surface area contributed by atoms with Gasteiger partial charge in [0.2, 0.25) is 0 Å². The first-order valence-corrected chi connectivity index (χ1v) is 8.62. The van der Waals surface area contributed by atoms with E-state index in [0.717, 1.165) is 31.6 Å². The summed E-state index contributed by atoms with van der Waals surface area (Å²) in [6, 6.07) is 1.41. The van der Waals surface area contributed by atoms with E-state index in [4.69, 9.17) is 0 Å². The van der Waals surface area contributed by atoms with Gasteiger partial charge in [-0.2, -0.15) is 0 Å². The van der Waals surface area contributed by atoms with Gasteiger partial charge in [0.1, 0.15) is 0 Å². The van der Waals surface area contributed by atoms with Gasteiger partial charge in [-0.1, -0.05) is 19.8 Å². The first kappa shape index (κ1) is 20.0. The van der Waals surface area contributed by atoms with Gasteiger partial charge in [-0.15, -0.1) is 24.0 Å². The molecule has 0 aromatic rings. The van der Waals surface area contributed by atoms with Gasteiger partial charge in [0.25, 0.3) is 0 Å². The Labute approximate surface area is 153 Å². The molecule has 22 heavy (non-hydrogen) atoms. The Bertz CT molecular complexity index is 330. The second-order valence-corrected chi connectivity index (χ2v) is 6.46. The smallest absolute Gasteiger partial charge is 0.191 e. The molecule has 6 heteroatoms. The van der Waals surface area contributed by atoms with Crippen molar-refractivity contribution in [2.45, 2.75) is 51.1 Å². The van der Waals surface area contributed by atoms with Crippen LogP contribution in [0.5, 0.6) is 0 Å². The molecule has 0 radical (unpaired) electrons. The summed E-state index contributed by atoms with van der Waals surface area (Å²) < 4.78 is 0. The maximum absolute atomic E-state index is 4.35. The van der Waals surface area contributed by atoms with Crippen molar-refractivity contribution in [3.05, 3.63) is 0 Å². The molecule has 2 fully saturated rings. The molecule has 2 N–H and O–H groups in total. The number of likely N-dealkylation sites (tertiary alicyclic amines) is 1. The predicted molar refractivity (Wildman–Crippen MR) is 105 cm³/mol. The van der Waals surface area contributed by atoms with Gasteiger partial charge in [-0.25, -0.2) is 0 Å². The Balaban J connectivity index is 0.00000242. The monoisotopic (exact) mass is 423 g/mol. The molecule has 1 unspecified atom stereocenters. The minimum atomic E-state index is 0. The first-order chi connectivity index (χ1) is 10.2. The summed E-state index contributed by atoms with van der Waals surface area (Å²) in [7, 11) is 4.01. The van der Waals surface area contributed by atoms with Crippen LogP contribution in [0.25, 0.3) is 0 Å². The molecule has 1 atom stereocenters. The molecular weight excluding hydrogens is 389 g/mol. The van der Waals surface area contributed by atoms with E-state index in [-0.39, 0.29) is 24.0 Å².